The molecule has 0 aromatic carbocycles. The van der Waals surface area contributed by atoms with E-state index in [1.807, 2.05) is 12.2 Å². The monoisotopic (exact) mass is 488 g/mol. The van der Waals surface area contributed by atoms with Crippen LogP contribution in [-0.2, 0) is 28.8 Å². The zero-order valence-corrected chi connectivity index (χ0v) is 19.9. The van der Waals surface area contributed by atoms with Gasteiger partial charge in [0.2, 0.25) is 17.7 Å². The molecule has 0 bridgehead atoms. The van der Waals surface area contributed by atoms with Crippen molar-refractivity contribution in [3.8, 4) is 0 Å². The van der Waals surface area contributed by atoms with Crippen LogP contribution >= 0.6 is 0 Å². The van der Waals surface area contributed by atoms with Gasteiger partial charge in [0.25, 0.3) is 0 Å². The molecule has 0 spiro atoms. The molecular weight excluding hydrogens is 452 g/mol. The Morgan fingerprint density at radius 2 is 1.26 bits per heavy atom. The van der Waals surface area contributed by atoms with Gasteiger partial charge in [-0.3, -0.25) is 24.0 Å². The Balaban J connectivity index is 5.63. The van der Waals surface area contributed by atoms with Gasteiger partial charge in [-0.05, 0) is 24.7 Å². The minimum Gasteiger partial charge on any atom is -0.481 e. The number of carbonyl (C=O) groups is 6. The van der Waals surface area contributed by atoms with Crippen LogP contribution < -0.4 is 21.7 Å². The van der Waals surface area contributed by atoms with Crippen molar-refractivity contribution in [2.45, 2.75) is 84.0 Å². The molecule has 0 aliphatic heterocycles. The highest BCUT2D eigenvalue weighted by Gasteiger charge is 2.32. The largest absolute Gasteiger partial charge is 0.481 e. The molecule has 8 N–H and O–H groups in total. The van der Waals surface area contributed by atoms with E-state index in [1.54, 1.807) is 20.8 Å². The summed E-state index contributed by atoms with van der Waals surface area (Å²) in [6.45, 7) is 7.25. The van der Waals surface area contributed by atoms with E-state index in [0.29, 0.717) is 6.42 Å². The fourth-order valence-corrected chi connectivity index (χ4v) is 2.94. The maximum absolute atomic E-state index is 12.9. The van der Waals surface area contributed by atoms with Gasteiger partial charge in [-0.2, -0.15) is 0 Å². The Kier molecular flexibility index (Phi) is 13.4. The Morgan fingerprint density at radius 1 is 0.765 bits per heavy atom. The lowest BCUT2D eigenvalue weighted by Gasteiger charge is -2.26. The van der Waals surface area contributed by atoms with E-state index >= 15 is 0 Å². The lowest BCUT2D eigenvalue weighted by atomic mass is 9.97. The summed E-state index contributed by atoms with van der Waals surface area (Å²) in [6, 6.07) is -5.22. The lowest BCUT2D eigenvalue weighted by Crippen LogP contribution is -2.58. The van der Waals surface area contributed by atoms with Crippen LogP contribution in [0.5, 0.6) is 0 Å². The van der Waals surface area contributed by atoms with Crippen molar-refractivity contribution in [3.63, 3.8) is 0 Å². The van der Waals surface area contributed by atoms with Gasteiger partial charge < -0.3 is 37.0 Å². The molecule has 0 heterocycles. The number of hydrogen-bond acceptors (Lipinski definition) is 7. The maximum atomic E-state index is 12.9. The molecule has 0 saturated carbocycles. The number of rotatable bonds is 16. The molecule has 5 atom stereocenters. The fraction of sp³-hybridized carbons (Fsp3) is 0.714. The highest BCUT2D eigenvalue weighted by atomic mass is 16.4. The van der Waals surface area contributed by atoms with Crippen LogP contribution in [0.3, 0.4) is 0 Å². The van der Waals surface area contributed by atoms with E-state index in [1.165, 1.54) is 0 Å². The van der Waals surface area contributed by atoms with Gasteiger partial charge in [0, 0.05) is 6.42 Å². The summed E-state index contributed by atoms with van der Waals surface area (Å²) in [5.41, 5.74) is 5.93. The second kappa shape index (κ2) is 14.8. The second-order valence-corrected chi connectivity index (χ2v) is 8.59. The number of carbonyl (C=O) groups excluding carboxylic acids is 3. The van der Waals surface area contributed by atoms with Crippen LogP contribution in [0, 0.1) is 11.8 Å². The summed E-state index contributed by atoms with van der Waals surface area (Å²) in [7, 11) is 0. The lowest BCUT2D eigenvalue weighted by molar-refractivity contribution is -0.147. The molecule has 0 aliphatic carbocycles. The molecule has 194 valence electrons. The third-order valence-corrected chi connectivity index (χ3v) is 5.17. The third-order valence-electron chi connectivity index (χ3n) is 5.17. The quantitative estimate of drug-likeness (QED) is 0.144. The maximum Gasteiger partial charge on any atom is 0.326 e. The summed E-state index contributed by atoms with van der Waals surface area (Å²) >= 11 is 0. The van der Waals surface area contributed by atoms with Gasteiger partial charge >= 0.3 is 17.9 Å². The van der Waals surface area contributed by atoms with Crippen molar-refractivity contribution < 1.29 is 44.1 Å². The fourth-order valence-electron chi connectivity index (χ4n) is 2.94. The predicted molar refractivity (Wildman–Crippen MR) is 119 cm³/mol. The van der Waals surface area contributed by atoms with Gasteiger partial charge in [-0.1, -0.05) is 34.1 Å². The molecule has 0 saturated heterocycles. The third kappa shape index (κ3) is 11.6. The smallest absolute Gasteiger partial charge is 0.326 e. The first-order valence-corrected chi connectivity index (χ1v) is 11.0. The minimum absolute atomic E-state index is 0.0471. The van der Waals surface area contributed by atoms with E-state index in [9.17, 15) is 28.8 Å². The van der Waals surface area contributed by atoms with Crippen molar-refractivity contribution >= 4 is 35.6 Å². The molecule has 13 heteroatoms. The molecule has 0 aliphatic rings. The molecule has 0 aromatic heterocycles. The Morgan fingerprint density at radius 3 is 1.71 bits per heavy atom. The molecule has 0 radical (unpaired) electrons. The standard InChI is InChI=1S/C21H36N4O9/c1-5-11(4)17(22)20(32)24-13(8-10(2)3)19(31)23-12(6-7-15(26)27)18(30)25-14(21(33)34)9-16(28)29/h10-14,17H,5-9,22H2,1-4H3,(H,23,31)(H,24,32)(H,25,30)(H,26,27)(H,28,29)(H,33,34)/t11-,12-,13-,14-,17-/m0/s1. The number of nitrogens with one attached hydrogen (secondary N) is 3. The van der Waals surface area contributed by atoms with E-state index in [4.69, 9.17) is 21.1 Å². The van der Waals surface area contributed by atoms with Gasteiger partial charge in [0.1, 0.15) is 18.1 Å². The van der Waals surface area contributed by atoms with E-state index in [2.05, 4.69) is 10.6 Å². The predicted octanol–water partition coefficient (Wildman–Crippen LogP) is -0.716. The first kappa shape index (κ1) is 30.8. The van der Waals surface area contributed by atoms with Gasteiger partial charge in [0.15, 0.2) is 0 Å². The van der Waals surface area contributed by atoms with Gasteiger partial charge in [-0.25, -0.2) is 4.79 Å². The summed E-state index contributed by atoms with van der Waals surface area (Å²) in [6.07, 6.45) is -1.01. The van der Waals surface area contributed by atoms with Crippen molar-refractivity contribution in [2.24, 2.45) is 17.6 Å². The second-order valence-electron chi connectivity index (χ2n) is 8.59. The van der Waals surface area contributed by atoms with Crippen LogP contribution in [0.2, 0.25) is 0 Å². The molecule has 3 amide bonds. The summed E-state index contributed by atoms with van der Waals surface area (Å²) in [5.74, 6) is -6.95. The summed E-state index contributed by atoms with van der Waals surface area (Å²) < 4.78 is 0. The highest BCUT2D eigenvalue weighted by Crippen LogP contribution is 2.10. The van der Waals surface area contributed by atoms with Crippen LogP contribution in [-0.4, -0.2) is 75.1 Å². The average Bonchev–Trinajstić information content (AvgIpc) is 2.73. The Labute approximate surface area is 197 Å². The van der Waals surface area contributed by atoms with Crippen molar-refractivity contribution in [2.75, 3.05) is 0 Å². The SMILES string of the molecule is CC[C@H](C)[C@H](N)C(=O)N[C@@H](CC(C)C)C(=O)N[C@@H](CCC(=O)O)C(=O)N[C@@H](CC(=O)O)C(=O)O. The molecule has 13 nitrogen and oxygen atoms in total. The van der Waals surface area contributed by atoms with E-state index < -0.39 is 72.6 Å². The first-order chi connectivity index (χ1) is 15.7. The van der Waals surface area contributed by atoms with Crippen molar-refractivity contribution in [1.29, 1.82) is 0 Å². The molecular formula is C21H36N4O9. The molecule has 0 unspecified atom stereocenters. The molecule has 34 heavy (non-hydrogen) atoms. The van der Waals surface area contributed by atoms with E-state index in [-0.39, 0.29) is 24.7 Å². The Hall–Kier alpha value is -3.22. The topological polar surface area (TPSA) is 225 Å². The Bertz CT molecular complexity index is 757. The van der Waals surface area contributed by atoms with Crippen LogP contribution in [0.1, 0.15) is 59.8 Å². The number of carboxylic acid groups (broad SMARTS) is 3. The van der Waals surface area contributed by atoms with Crippen LogP contribution in [0.15, 0.2) is 0 Å². The van der Waals surface area contributed by atoms with E-state index in [0.717, 1.165) is 0 Å². The number of amides is 3. The molecule has 0 aromatic rings. The first-order valence-electron chi connectivity index (χ1n) is 11.0. The van der Waals surface area contributed by atoms with Gasteiger partial charge in [0.05, 0.1) is 12.5 Å². The van der Waals surface area contributed by atoms with Crippen molar-refractivity contribution in [3.05, 3.63) is 0 Å². The molecule has 0 fully saturated rings. The number of aliphatic carboxylic acids is 3. The van der Waals surface area contributed by atoms with Crippen LogP contribution in [0.25, 0.3) is 0 Å². The number of nitrogens with two attached hydrogens (primary N) is 1. The molecule has 0 rings (SSSR count). The summed E-state index contributed by atoms with van der Waals surface area (Å²) in [4.78, 5) is 71.2. The number of carboxylic acids is 3. The number of hydrogen-bond donors (Lipinski definition) is 7. The normalized spacial score (nSPS) is 15.4. The van der Waals surface area contributed by atoms with Crippen molar-refractivity contribution in [1.82, 2.24) is 16.0 Å². The minimum atomic E-state index is -1.78. The van der Waals surface area contributed by atoms with Gasteiger partial charge in [-0.15, -0.1) is 0 Å². The average molecular weight is 489 g/mol. The summed E-state index contributed by atoms with van der Waals surface area (Å²) in [5, 5.41) is 33.9. The van der Waals surface area contributed by atoms with Crippen LogP contribution in [0.4, 0.5) is 0 Å². The zero-order valence-electron chi connectivity index (χ0n) is 19.9. The highest BCUT2D eigenvalue weighted by molar-refractivity contribution is 5.94. The zero-order chi connectivity index (χ0) is 26.6.